The summed E-state index contributed by atoms with van der Waals surface area (Å²) >= 11 is 0. The van der Waals surface area contributed by atoms with Gasteiger partial charge in [-0.2, -0.15) is 0 Å². The molecule has 0 atom stereocenters. The molecule has 4 aromatic carbocycles. The van der Waals surface area contributed by atoms with E-state index in [9.17, 15) is 26.3 Å². The van der Waals surface area contributed by atoms with Gasteiger partial charge in [-0.05, 0) is 12.1 Å². The Kier molecular flexibility index (Phi) is 7.09. The molecule has 3 nitrogen and oxygen atoms in total. The van der Waals surface area contributed by atoms with E-state index in [2.05, 4.69) is 10.3 Å². The number of hydrogen-bond acceptors (Lipinski definition) is 2. The van der Waals surface area contributed by atoms with Gasteiger partial charge in [0.2, 0.25) is 11.6 Å². The van der Waals surface area contributed by atoms with E-state index in [0.29, 0.717) is 0 Å². The minimum Gasteiger partial charge on any atom is -0.212 e. The van der Waals surface area contributed by atoms with Crippen LogP contribution < -0.4 is 16.0 Å². The van der Waals surface area contributed by atoms with Crippen LogP contribution in [0.2, 0.25) is 0 Å². The fraction of sp³-hybridized carbons (Fsp3) is 0. The Bertz CT molecular complexity index is 1630. The zero-order valence-electron chi connectivity index (χ0n) is 19.3. The van der Waals surface area contributed by atoms with Crippen molar-refractivity contribution < 1.29 is 43.9 Å². The number of nitrogens with zero attached hydrogens (tertiary/aromatic N) is 3. The Balaban J connectivity index is 1.97. The van der Waals surface area contributed by atoms with Crippen molar-refractivity contribution in [1.82, 2.24) is 15.0 Å². The highest BCUT2D eigenvalue weighted by molar-refractivity contribution is 7.79. The lowest BCUT2D eigenvalue weighted by Crippen LogP contribution is -2.34. The second kappa shape index (κ2) is 10.4. The van der Waals surface area contributed by atoms with Crippen LogP contribution in [0.15, 0.2) is 60.7 Å². The highest BCUT2D eigenvalue weighted by Crippen LogP contribution is 2.42. The molecule has 0 aliphatic rings. The van der Waals surface area contributed by atoms with Crippen molar-refractivity contribution >= 4 is 24.0 Å². The first-order valence-corrected chi connectivity index (χ1v) is 12.3. The minimum absolute atomic E-state index is 0.117. The molecule has 5 rings (SSSR count). The van der Waals surface area contributed by atoms with Crippen LogP contribution in [-0.4, -0.2) is 15.0 Å². The van der Waals surface area contributed by atoms with Crippen molar-refractivity contribution in [2.45, 2.75) is 0 Å². The van der Waals surface area contributed by atoms with Crippen molar-refractivity contribution in [3.63, 3.8) is 0 Å². The maximum absolute atomic E-state index is 15.2. The molecular formula is C26H10F10N3P. The smallest absolute Gasteiger partial charge is 0.200 e. The van der Waals surface area contributed by atoms with Crippen molar-refractivity contribution in [2.75, 3.05) is 0 Å². The summed E-state index contributed by atoms with van der Waals surface area (Å²) < 4.78 is 147. The standard InChI is InChI=1S/C26H10F10N3P/c27-13-15(29)19(33)24(20(34)16(13)30)40(25-21(35)17(31)14(28)18(32)22(25)36)26-23(11-7-3-1-4-8-11)39(38-37-26)12-9-5-2-6-10-12/h1-10H. The van der Waals surface area contributed by atoms with Gasteiger partial charge in [0.15, 0.2) is 46.5 Å². The van der Waals surface area contributed by atoms with Crippen LogP contribution in [0.4, 0.5) is 43.9 Å². The van der Waals surface area contributed by atoms with Gasteiger partial charge in [0.05, 0.1) is 16.3 Å². The van der Waals surface area contributed by atoms with Crippen LogP contribution in [-0.2, 0) is 0 Å². The van der Waals surface area contributed by atoms with Gasteiger partial charge >= 0.3 is 0 Å². The zero-order chi connectivity index (χ0) is 28.9. The number of aromatic nitrogens is 3. The monoisotopic (exact) mass is 585 g/mol. The van der Waals surface area contributed by atoms with Gasteiger partial charge in [0, 0.05) is 13.5 Å². The first-order valence-electron chi connectivity index (χ1n) is 11.0. The molecule has 40 heavy (non-hydrogen) atoms. The average Bonchev–Trinajstić information content (AvgIpc) is 3.42. The third-order valence-corrected chi connectivity index (χ3v) is 8.14. The summed E-state index contributed by atoms with van der Waals surface area (Å²) in [6, 6.07) is 14.9. The second-order valence-corrected chi connectivity index (χ2v) is 10.0. The summed E-state index contributed by atoms with van der Waals surface area (Å²) in [5.74, 6) is -25.4. The zero-order valence-corrected chi connectivity index (χ0v) is 20.2. The van der Waals surface area contributed by atoms with E-state index >= 15 is 17.6 Å². The molecule has 0 radical (unpaired) electrons. The van der Waals surface area contributed by atoms with Gasteiger partial charge < -0.3 is 0 Å². The maximum Gasteiger partial charge on any atom is 0.200 e. The fourth-order valence-electron chi connectivity index (χ4n) is 3.92. The summed E-state index contributed by atoms with van der Waals surface area (Å²) in [5.41, 5.74) is -0.737. The van der Waals surface area contributed by atoms with Crippen molar-refractivity contribution in [3.05, 3.63) is 119 Å². The highest BCUT2D eigenvalue weighted by atomic mass is 31.1. The molecular weight excluding hydrogens is 575 g/mol. The van der Waals surface area contributed by atoms with Gasteiger partial charge in [0.1, 0.15) is 11.1 Å². The van der Waals surface area contributed by atoms with Gasteiger partial charge in [0.25, 0.3) is 0 Å². The number of halogens is 10. The molecule has 0 amide bonds. The third-order valence-electron chi connectivity index (χ3n) is 5.73. The van der Waals surface area contributed by atoms with Crippen LogP contribution >= 0.6 is 7.92 Å². The van der Waals surface area contributed by atoms with Crippen LogP contribution in [0.5, 0.6) is 0 Å². The molecule has 0 saturated carbocycles. The number of benzene rings is 4. The Hall–Kier alpha value is -4.25. The molecule has 1 heterocycles. The molecule has 0 fully saturated rings. The summed E-state index contributed by atoms with van der Waals surface area (Å²) in [6.07, 6.45) is 0. The lowest BCUT2D eigenvalue weighted by atomic mass is 10.1. The molecule has 0 aliphatic heterocycles. The average molecular weight is 585 g/mol. The van der Waals surface area contributed by atoms with Gasteiger partial charge in [-0.15, -0.1) is 5.10 Å². The van der Waals surface area contributed by atoms with Crippen molar-refractivity contribution in [1.29, 1.82) is 0 Å². The first-order chi connectivity index (χ1) is 19.1. The molecule has 0 bridgehead atoms. The van der Waals surface area contributed by atoms with Crippen molar-refractivity contribution in [2.24, 2.45) is 0 Å². The quantitative estimate of drug-likeness (QED) is 0.108. The molecule has 0 unspecified atom stereocenters. The Morgan fingerprint density at radius 3 is 1.27 bits per heavy atom. The van der Waals surface area contributed by atoms with Gasteiger partial charge in [-0.25, -0.2) is 48.6 Å². The van der Waals surface area contributed by atoms with E-state index in [0.717, 1.165) is 4.68 Å². The predicted molar refractivity (Wildman–Crippen MR) is 125 cm³/mol. The highest BCUT2D eigenvalue weighted by Gasteiger charge is 2.41. The first kappa shape index (κ1) is 27.3. The topological polar surface area (TPSA) is 30.7 Å². The number of rotatable bonds is 5. The van der Waals surface area contributed by atoms with E-state index in [1.54, 1.807) is 24.3 Å². The largest absolute Gasteiger partial charge is 0.212 e. The molecule has 0 aliphatic carbocycles. The minimum atomic E-state index is -3.82. The number of hydrogen-bond donors (Lipinski definition) is 0. The van der Waals surface area contributed by atoms with Crippen molar-refractivity contribution in [3.8, 4) is 16.9 Å². The molecule has 0 saturated heterocycles. The van der Waals surface area contributed by atoms with Crippen LogP contribution in [0.25, 0.3) is 16.9 Å². The van der Waals surface area contributed by atoms with Gasteiger partial charge in [-0.1, -0.05) is 53.7 Å². The van der Waals surface area contributed by atoms with Crippen LogP contribution in [0, 0.1) is 58.2 Å². The summed E-state index contributed by atoms with van der Waals surface area (Å²) in [5, 5.41) is 3.91. The third kappa shape index (κ3) is 4.21. The van der Waals surface area contributed by atoms with Crippen LogP contribution in [0.3, 0.4) is 0 Å². The van der Waals surface area contributed by atoms with Crippen LogP contribution in [0.1, 0.15) is 0 Å². The van der Waals surface area contributed by atoms with E-state index in [1.165, 1.54) is 36.4 Å². The molecule has 1 aromatic heterocycles. The molecule has 204 valence electrons. The fourth-order valence-corrected chi connectivity index (χ4v) is 6.31. The van der Waals surface area contributed by atoms with E-state index < -0.39 is 82.1 Å². The maximum atomic E-state index is 15.2. The summed E-state index contributed by atoms with van der Waals surface area (Å²) in [7, 11) is -3.82. The number of para-hydroxylation sites is 1. The lowest BCUT2D eigenvalue weighted by Gasteiger charge is -2.22. The Morgan fingerprint density at radius 2 is 0.850 bits per heavy atom. The molecule has 14 heteroatoms. The normalized spacial score (nSPS) is 11.5. The molecule has 5 aromatic rings. The Morgan fingerprint density at radius 1 is 0.475 bits per heavy atom. The molecule has 0 spiro atoms. The van der Waals surface area contributed by atoms with E-state index in [4.69, 9.17) is 0 Å². The molecule has 0 N–H and O–H groups in total. The lowest BCUT2D eigenvalue weighted by molar-refractivity contribution is 0.383. The van der Waals surface area contributed by atoms with E-state index in [1.807, 2.05) is 0 Å². The van der Waals surface area contributed by atoms with Gasteiger partial charge in [-0.3, -0.25) is 0 Å². The SMILES string of the molecule is Fc1c(F)c(F)c(P(c2nnn(-c3ccccc3)c2-c2ccccc2)c2c(F)c(F)c(F)c(F)c2F)c(F)c1F. The predicted octanol–water partition coefficient (Wildman–Crippen LogP) is 6.08. The summed E-state index contributed by atoms with van der Waals surface area (Å²) in [4.78, 5) is 0. The summed E-state index contributed by atoms with van der Waals surface area (Å²) in [6.45, 7) is 0. The second-order valence-electron chi connectivity index (χ2n) is 8.05. The Labute approximate surface area is 219 Å². The van der Waals surface area contributed by atoms with E-state index in [-0.39, 0.29) is 16.9 Å².